The number of rotatable bonds is 2. The van der Waals surface area contributed by atoms with E-state index in [1.807, 2.05) is 0 Å². The van der Waals surface area contributed by atoms with E-state index in [9.17, 15) is 17.2 Å². The third-order valence-corrected chi connectivity index (χ3v) is 4.31. The van der Waals surface area contributed by atoms with Crippen molar-refractivity contribution in [3.63, 3.8) is 0 Å². The standard InChI is InChI=1S/C7H13F2NO2S/c1-13(11,12)5-3-2-4-7(5,10)6(8)9/h5-6H,2-4,10H2,1H3. The number of hydrogen-bond donors (Lipinski definition) is 1. The summed E-state index contributed by atoms with van der Waals surface area (Å²) in [5.41, 5.74) is 3.58. The largest absolute Gasteiger partial charge is 0.319 e. The van der Waals surface area contributed by atoms with Gasteiger partial charge in [0.05, 0.1) is 10.8 Å². The average Bonchev–Trinajstić information content (AvgIpc) is 2.31. The molecule has 0 bridgehead atoms. The molecule has 1 rings (SSSR count). The lowest BCUT2D eigenvalue weighted by molar-refractivity contribution is 0.0589. The summed E-state index contributed by atoms with van der Waals surface area (Å²) in [4.78, 5) is 0. The molecule has 2 atom stereocenters. The first kappa shape index (κ1) is 10.8. The van der Waals surface area contributed by atoms with Crippen molar-refractivity contribution in [1.82, 2.24) is 0 Å². The van der Waals surface area contributed by atoms with Crippen LogP contribution >= 0.6 is 0 Å². The quantitative estimate of drug-likeness (QED) is 0.728. The van der Waals surface area contributed by atoms with Crippen LogP contribution in [0.15, 0.2) is 0 Å². The highest BCUT2D eigenvalue weighted by Crippen LogP contribution is 2.36. The van der Waals surface area contributed by atoms with Crippen LogP contribution in [0.4, 0.5) is 8.78 Å². The molecule has 13 heavy (non-hydrogen) atoms. The lowest BCUT2D eigenvalue weighted by atomic mass is 10.00. The number of hydrogen-bond acceptors (Lipinski definition) is 3. The molecule has 0 aromatic carbocycles. The summed E-state index contributed by atoms with van der Waals surface area (Å²) in [6, 6.07) is 0. The van der Waals surface area contributed by atoms with E-state index in [4.69, 9.17) is 5.73 Å². The van der Waals surface area contributed by atoms with E-state index in [2.05, 4.69) is 0 Å². The molecular weight excluding hydrogens is 200 g/mol. The van der Waals surface area contributed by atoms with Gasteiger partial charge in [-0.2, -0.15) is 0 Å². The van der Waals surface area contributed by atoms with Crippen LogP contribution in [0.2, 0.25) is 0 Å². The number of halogens is 2. The zero-order chi connectivity index (χ0) is 10.3. The monoisotopic (exact) mass is 213 g/mol. The van der Waals surface area contributed by atoms with Crippen molar-refractivity contribution in [2.45, 2.75) is 36.5 Å². The maximum absolute atomic E-state index is 12.5. The van der Waals surface area contributed by atoms with Crippen LogP contribution in [-0.4, -0.2) is 31.9 Å². The van der Waals surface area contributed by atoms with Crippen molar-refractivity contribution < 1.29 is 17.2 Å². The Bertz CT molecular complexity index is 291. The number of sulfone groups is 1. The first-order valence-electron chi connectivity index (χ1n) is 4.04. The molecule has 1 aliphatic rings. The Labute approximate surface area is 76.2 Å². The molecule has 0 aromatic heterocycles. The Hall–Kier alpha value is -0.230. The van der Waals surface area contributed by atoms with Gasteiger partial charge < -0.3 is 5.73 Å². The van der Waals surface area contributed by atoms with Crippen molar-refractivity contribution in [3.8, 4) is 0 Å². The molecule has 0 saturated heterocycles. The van der Waals surface area contributed by atoms with Gasteiger partial charge in [0.2, 0.25) is 0 Å². The molecule has 2 unspecified atom stereocenters. The predicted molar refractivity (Wildman–Crippen MR) is 45.4 cm³/mol. The highest BCUT2D eigenvalue weighted by atomic mass is 32.2. The van der Waals surface area contributed by atoms with Crippen LogP contribution < -0.4 is 5.73 Å². The van der Waals surface area contributed by atoms with Crippen molar-refractivity contribution in [2.75, 3.05) is 6.26 Å². The van der Waals surface area contributed by atoms with Gasteiger partial charge in [0.25, 0.3) is 6.43 Å². The van der Waals surface area contributed by atoms with E-state index in [1.165, 1.54) is 0 Å². The second kappa shape index (κ2) is 3.16. The van der Waals surface area contributed by atoms with Gasteiger partial charge >= 0.3 is 0 Å². The molecule has 0 spiro atoms. The smallest absolute Gasteiger partial charge is 0.257 e. The van der Waals surface area contributed by atoms with Crippen molar-refractivity contribution >= 4 is 9.84 Å². The fraction of sp³-hybridized carbons (Fsp3) is 1.00. The van der Waals surface area contributed by atoms with E-state index in [-0.39, 0.29) is 12.8 Å². The van der Waals surface area contributed by atoms with Gasteiger partial charge in [-0.25, -0.2) is 17.2 Å². The molecule has 3 nitrogen and oxygen atoms in total. The molecule has 6 heteroatoms. The van der Waals surface area contributed by atoms with Gasteiger partial charge in [0.1, 0.15) is 0 Å². The summed E-state index contributed by atoms with van der Waals surface area (Å²) in [6.07, 6.45) is -1.01. The minimum absolute atomic E-state index is 0.0857. The van der Waals surface area contributed by atoms with Crippen LogP contribution in [0, 0.1) is 0 Å². The van der Waals surface area contributed by atoms with Crippen molar-refractivity contribution in [1.29, 1.82) is 0 Å². The van der Waals surface area contributed by atoms with E-state index in [0.29, 0.717) is 6.42 Å². The van der Waals surface area contributed by atoms with E-state index >= 15 is 0 Å². The Morgan fingerprint density at radius 2 is 2.08 bits per heavy atom. The summed E-state index contributed by atoms with van der Waals surface area (Å²) in [7, 11) is -3.46. The summed E-state index contributed by atoms with van der Waals surface area (Å²) in [5, 5.41) is -1.08. The van der Waals surface area contributed by atoms with Crippen LogP contribution in [0.5, 0.6) is 0 Å². The Balaban J connectivity index is 3.00. The van der Waals surface area contributed by atoms with Crippen LogP contribution in [0.1, 0.15) is 19.3 Å². The molecule has 0 aliphatic heterocycles. The van der Waals surface area contributed by atoms with Crippen molar-refractivity contribution in [2.24, 2.45) is 5.73 Å². The first-order chi connectivity index (χ1) is 5.78. The number of alkyl halides is 2. The van der Waals surface area contributed by atoms with Gasteiger partial charge in [-0.1, -0.05) is 0 Å². The van der Waals surface area contributed by atoms with Gasteiger partial charge in [0.15, 0.2) is 9.84 Å². The molecule has 1 aliphatic carbocycles. The molecule has 1 saturated carbocycles. The zero-order valence-electron chi connectivity index (χ0n) is 7.33. The minimum atomic E-state index is -3.46. The second-order valence-corrected chi connectivity index (χ2v) is 5.85. The molecule has 1 fully saturated rings. The molecular formula is C7H13F2NO2S. The van der Waals surface area contributed by atoms with E-state index < -0.39 is 27.1 Å². The maximum Gasteiger partial charge on any atom is 0.257 e. The topological polar surface area (TPSA) is 60.2 Å². The minimum Gasteiger partial charge on any atom is -0.319 e. The highest BCUT2D eigenvalue weighted by molar-refractivity contribution is 7.91. The molecule has 0 radical (unpaired) electrons. The molecule has 0 aromatic rings. The van der Waals surface area contributed by atoms with Gasteiger partial charge in [0, 0.05) is 6.26 Å². The van der Waals surface area contributed by atoms with Crippen LogP contribution in [0.25, 0.3) is 0 Å². The van der Waals surface area contributed by atoms with Gasteiger partial charge in [-0.3, -0.25) is 0 Å². The third kappa shape index (κ3) is 1.83. The maximum atomic E-state index is 12.5. The fourth-order valence-corrected chi connectivity index (χ4v) is 3.50. The molecule has 0 amide bonds. The summed E-state index contributed by atoms with van der Waals surface area (Å²) in [5.74, 6) is 0. The highest BCUT2D eigenvalue weighted by Gasteiger charge is 2.51. The third-order valence-electron chi connectivity index (χ3n) is 2.60. The summed E-state index contributed by atoms with van der Waals surface area (Å²) in [6.45, 7) is 0. The number of nitrogens with two attached hydrogens (primary N) is 1. The Morgan fingerprint density at radius 3 is 2.38 bits per heavy atom. The van der Waals surface area contributed by atoms with Gasteiger partial charge in [-0.15, -0.1) is 0 Å². The lowest BCUT2D eigenvalue weighted by Gasteiger charge is -2.28. The van der Waals surface area contributed by atoms with Gasteiger partial charge in [-0.05, 0) is 19.3 Å². The lowest BCUT2D eigenvalue weighted by Crippen LogP contribution is -2.55. The van der Waals surface area contributed by atoms with Crippen LogP contribution in [-0.2, 0) is 9.84 Å². The van der Waals surface area contributed by atoms with E-state index in [1.54, 1.807) is 0 Å². The average molecular weight is 213 g/mol. The second-order valence-electron chi connectivity index (χ2n) is 3.62. The molecule has 78 valence electrons. The van der Waals surface area contributed by atoms with Crippen LogP contribution in [0.3, 0.4) is 0 Å². The van der Waals surface area contributed by atoms with E-state index in [0.717, 1.165) is 6.26 Å². The Morgan fingerprint density at radius 1 is 1.54 bits per heavy atom. The Kier molecular flexibility index (Phi) is 2.64. The predicted octanol–water partition coefficient (Wildman–Crippen LogP) is 0.546. The fourth-order valence-electron chi connectivity index (χ4n) is 1.89. The van der Waals surface area contributed by atoms with Crippen molar-refractivity contribution in [3.05, 3.63) is 0 Å². The molecule has 2 N–H and O–H groups in total. The zero-order valence-corrected chi connectivity index (χ0v) is 8.15. The molecule has 0 heterocycles. The summed E-state index contributed by atoms with van der Waals surface area (Å²) < 4.78 is 47.3. The summed E-state index contributed by atoms with van der Waals surface area (Å²) >= 11 is 0. The normalized spacial score (nSPS) is 35.6. The first-order valence-corrected chi connectivity index (χ1v) is 6.00. The SMILES string of the molecule is CS(=O)(=O)C1CCCC1(N)C(F)F.